The van der Waals surface area contributed by atoms with Gasteiger partial charge in [-0.2, -0.15) is 0 Å². The third-order valence-corrected chi connectivity index (χ3v) is 5.87. The molecule has 154 valence electrons. The molecule has 0 aromatic heterocycles. The van der Waals surface area contributed by atoms with E-state index in [9.17, 15) is 4.79 Å². The number of aryl methyl sites for hydroxylation is 1. The molecule has 2 saturated heterocycles. The van der Waals surface area contributed by atoms with E-state index in [1.807, 2.05) is 4.90 Å². The number of hydrogen-bond acceptors (Lipinski definition) is 4. The number of halogens is 2. The zero-order valence-electron chi connectivity index (χ0n) is 16.5. The van der Waals surface area contributed by atoms with Gasteiger partial charge in [-0.3, -0.25) is 14.6 Å². The van der Waals surface area contributed by atoms with Crippen LogP contribution in [0, 0.1) is 12.3 Å². The van der Waals surface area contributed by atoms with Crippen molar-refractivity contribution in [3.63, 3.8) is 0 Å². The van der Waals surface area contributed by atoms with Crippen LogP contribution in [0.4, 0.5) is 0 Å². The maximum absolute atomic E-state index is 12.6. The Morgan fingerprint density at radius 1 is 1.07 bits per heavy atom. The summed E-state index contributed by atoms with van der Waals surface area (Å²) in [7, 11) is 0. The second-order valence-electron chi connectivity index (χ2n) is 8.06. The molecule has 1 unspecified atom stereocenters. The molecule has 7 heteroatoms. The molecule has 2 N–H and O–H groups in total. The van der Waals surface area contributed by atoms with E-state index in [2.05, 4.69) is 47.9 Å². The molecule has 5 nitrogen and oxygen atoms in total. The van der Waals surface area contributed by atoms with Gasteiger partial charge in [0.05, 0.1) is 6.54 Å². The fraction of sp³-hybridized carbons (Fsp3) is 0.650. The molecule has 0 spiro atoms. The maximum Gasteiger partial charge on any atom is 0.236 e. The second kappa shape index (κ2) is 10.6. The molecule has 0 aliphatic carbocycles. The van der Waals surface area contributed by atoms with Crippen molar-refractivity contribution in [3.05, 3.63) is 35.4 Å². The van der Waals surface area contributed by atoms with Crippen LogP contribution in [0.2, 0.25) is 0 Å². The van der Waals surface area contributed by atoms with E-state index < -0.39 is 0 Å². The minimum absolute atomic E-state index is 0. The molecule has 1 amide bonds. The van der Waals surface area contributed by atoms with Crippen LogP contribution < -0.4 is 5.73 Å². The van der Waals surface area contributed by atoms with Crippen LogP contribution in [0.3, 0.4) is 0 Å². The number of amides is 1. The number of benzene rings is 1. The summed E-state index contributed by atoms with van der Waals surface area (Å²) >= 11 is 0. The highest BCUT2D eigenvalue weighted by atomic mass is 35.5. The van der Waals surface area contributed by atoms with Gasteiger partial charge in [0, 0.05) is 39.3 Å². The minimum Gasteiger partial charge on any atom is -0.339 e. The van der Waals surface area contributed by atoms with Crippen LogP contribution in [0.25, 0.3) is 0 Å². The lowest BCUT2D eigenvalue weighted by atomic mass is 9.90. The molecule has 0 saturated carbocycles. The third-order valence-electron chi connectivity index (χ3n) is 5.87. The lowest BCUT2D eigenvalue weighted by molar-refractivity contribution is -0.134. The van der Waals surface area contributed by atoms with Crippen LogP contribution in [-0.4, -0.2) is 73.0 Å². The molecule has 1 aromatic rings. The zero-order valence-corrected chi connectivity index (χ0v) is 18.2. The van der Waals surface area contributed by atoms with Crippen molar-refractivity contribution in [2.24, 2.45) is 11.1 Å². The number of carbonyl (C=O) groups is 1. The van der Waals surface area contributed by atoms with Gasteiger partial charge in [0.1, 0.15) is 0 Å². The molecule has 2 heterocycles. The quantitative estimate of drug-likeness (QED) is 0.798. The van der Waals surface area contributed by atoms with Crippen molar-refractivity contribution in [2.75, 3.05) is 52.4 Å². The summed E-state index contributed by atoms with van der Waals surface area (Å²) in [6.07, 6.45) is 1.10. The van der Waals surface area contributed by atoms with E-state index in [1.54, 1.807) is 0 Å². The van der Waals surface area contributed by atoms with Gasteiger partial charge < -0.3 is 10.6 Å². The van der Waals surface area contributed by atoms with Crippen molar-refractivity contribution < 1.29 is 4.79 Å². The Morgan fingerprint density at radius 3 is 2.33 bits per heavy atom. The first-order chi connectivity index (χ1) is 12.0. The van der Waals surface area contributed by atoms with Crippen LogP contribution >= 0.6 is 24.8 Å². The minimum atomic E-state index is 0. The predicted octanol–water partition coefficient (Wildman–Crippen LogP) is 2.15. The molecule has 0 radical (unpaired) electrons. The summed E-state index contributed by atoms with van der Waals surface area (Å²) in [4.78, 5) is 19.4. The van der Waals surface area contributed by atoms with E-state index in [0.29, 0.717) is 13.1 Å². The fourth-order valence-corrected chi connectivity index (χ4v) is 3.90. The summed E-state index contributed by atoms with van der Waals surface area (Å²) in [5, 5.41) is 0. The molecular weight excluding hydrogens is 383 g/mol. The molecule has 2 aliphatic rings. The standard InChI is InChI=1S/C20H32N4O.2ClH/c1-17-5-3-4-6-18(17)13-22-9-11-24(12-10-22)19(25)14-23-8-7-20(2,15-21)16-23;;/h3-6H,7-16,21H2,1-2H3;2*1H. The molecule has 3 rings (SSSR count). The van der Waals surface area contributed by atoms with E-state index in [0.717, 1.165) is 52.2 Å². The first-order valence-corrected chi connectivity index (χ1v) is 9.46. The molecular formula is C20H34Cl2N4O. The van der Waals surface area contributed by atoms with E-state index in [-0.39, 0.29) is 36.1 Å². The maximum atomic E-state index is 12.6. The third kappa shape index (κ3) is 6.33. The summed E-state index contributed by atoms with van der Waals surface area (Å²) < 4.78 is 0. The Balaban J connectivity index is 0.00000182. The van der Waals surface area contributed by atoms with Crippen molar-refractivity contribution in [3.8, 4) is 0 Å². The summed E-state index contributed by atoms with van der Waals surface area (Å²) in [6.45, 7) is 12.2. The average molecular weight is 417 g/mol. The van der Waals surface area contributed by atoms with Crippen molar-refractivity contribution in [1.29, 1.82) is 0 Å². The van der Waals surface area contributed by atoms with Gasteiger partial charge in [-0.1, -0.05) is 31.2 Å². The summed E-state index contributed by atoms with van der Waals surface area (Å²) in [5.74, 6) is 0.275. The number of rotatable bonds is 5. The number of piperazine rings is 1. The summed E-state index contributed by atoms with van der Waals surface area (Å²) in [6, 6.07) is 8.56. The number of nitrogens with zero attached hydrogens (tertiary/aromatic N) is 3. The smallest absolute Gasteiger partial charge is 0.236 e. The first-order valence-electron chi connectivity index (χ1n) is 9.46. The Labute approximate surface area is 176 Å². The normalized spacial score (nSPS) is 23.6. The predicted molar refractivity (Wildman–Crippen MR) is 116 cm³/mol. The van der Waals surface area contributed by atoms with Crippen molar-refractivity contribution in [2.45, 2.75) is 26.8 Å². The second-order valence-corrected chi connectivity index (χ2v) is 8.06. The van der Waals surface area contributed by atoms with Gasteiger partial charge in [0.25, 0.3) is 0 Å². The monoisotopic (exact) mass is 416 g/mol. The van der Waals surface area contributed by atoms with Crippen molar-refractivity contribution in [1.82, 2.24) is 14.7 Å². The molecule has 1 aromatic carbocycles. The highest BCUT2D eigenvalue weighted by molar-refractivity contribution is 5.85. The fourth-order valence-electron chi connectivity index (χ4n) is 3.90. The van der Waals surface area contributed by atoms with Gasteiger partial charge in [0.2, 0.25) is 5.91 Å². The number of likely N-dealkylation sites (tertiary alicyclic amines) is 1. The molecule has 27 heavy (non-hydrogen) atoms. The number of nitrogens with two attached hydrogens (primary N) is 1. The number of carbonyl (C=O) groups excluding carboxylic acids is 1. The van der Waals surface area contributed by atoms with Gasteiger partial charge in [-0.05, 0) is 43.0 Å². The Hall–Kier alpha value is -0.850. The molecule has 0 bridgehead atoms. The van der Waals surface area contributed by atoms with Gasteiger partial charge >= 0.3 is 0 Å². The SMILES string of the molecule is Cc1ccccc1CN1CCN(C(=O)CN2CCC(C)(CN)C2)CC1.Cl.Cl. The van der Waals surface area contributed by atoms with Crippen LogP contribution in [0.1, 0.15) is 24.5 Å². The highest BCUT2D eigenvalue weighted by Crippen LogP contribution is 2.28. The largest absolute Gasteiger partial charge is 0.339 e. The van der Waals surface area contributed by atoms with Crippen LogP contribution in [0.5, 0.6) is 0 Å². The lowest BCUT2D eigenvalue weighted by Gasteiger charge is -2.35. The van der Waals surface area contributed by atoms with Gasteiger partial charge in [-0.15, -0.1) is 24.8 Å². The Morgan fingerprint density at radius 2 is 1.74 bits per heavy atom. The van der Waals surface area contributed by atoms with Crippen molar-refractivity contribution >= 4 is 30.7 Å². The topological polar surface area (TPSA) is 52.8 Å². The van der Waals surface area contributed by atoms with Gasteiger partial charge in [-0.25, -0.2) is 0 Å². The Kier molecular flexibility index (Phi) is 9.52. The lowest BCUT2D eigenvalue weighted by Crippen LogP contribution is -2.50. The van der Waals surface area contributed by atoms with Crippen LogP contribution in [0.15, 0.2) is 24.3 Å². The molecule has 2 fully saturated rings. The van der Waals surface area contributed by atoms with Crippen LogP contribution in [-0.2, 0) is 11.3 Å². The first kappa shape index (κ1) is 24.2. The average Bonchev–Trinajstić information content (AvgIpc) is 2.99. The van der Waals surface area contributed by atoms with E-state index in [1.165, 1.54) is 11.1 Å². The zero-order chi connectivity index (χ0) is 17.9. The molecule has 1 atom stereocenters. The molecule has 2 aliphatic heterocycles. The van der Waals surface area contributed by atoms with Gasteiger partial charge in [0.15, 0.2) is 0 Å². The van der Waals surface area contributed by atoms with E-state index in [4.69, 9.17) is 5.73 Å². The highest BCUT2D eigenvalue weighted by Gasteiger charge is 2.34. The Bertz CT molecular complexity index is 607. The van der Waals surface area contributed by atoms with E-state index >= 15 is 0 Å². The summed E-state index contributed by atoms with van der Waals surface area (Å²) in [5.41, 5.74) is 8.79. The number of hydrogen-bond donors (Lipinski definition) is 1.